The summed E-state index contributed by atoms with van der Waals surface area (Å²) in [5.74, 6) is 0. The van der Waals surface area contributed by atoms with Crippen molar-refractivity contribution in [2.75, 3.05) is 6.61 Å². The number of aliphatic hydroxyl groups excluding tert-OH is 1. The van der Waals surface area contributed by atoms with Crippen LogP contribution in [0.3, 0.4) is 0 Å². The zero-order valence-corrected chi connectivity index (χ0v) is 17.5. The van der Waals surface area contributed by atoms with Gasteiger partial charge in [-0.05, 0) is 28.5 Å². The fourth-order valence-electron chi connectivity index (χ4n) is 4.17. The van der Waals surface area contributed by atoms with Gasteiger partial charge in [-0.25, -0.2) is 4.79 Å². The predicted octanol–water partition coefficient (Wildman–Crippen LogP) is 2.15. The average Bonchev–Trinajstić information content (AvgIpc) is 3.20. The summed E-state index contributed by atoms with van der Waals surface area (Å²) in [4.78, 5) is 30.0. The van der Waals surface area contributed by atoms with Gasteiger partial charge in [-0.15, -0.1) is 0 Å². The lowest BCUT2D eigenvalue weighted by Crippen LogP contribution is -2.38. The zero-order valence-electron chi connectivity index (χ0n) is 17.5. The van der Waals surface area contributed by atoms with Crippen LogP contribution in [0.2, 0.25) is 0 Å². The van der Waals surface area contributed by atoms with Crippen molar-refractivity contribution < 1.29 is 5.11 Å². The first-order valence-corrected chi connectivity index (χ1v) is 10.3. The van der Waals surface area contributed by atoms with Crippen LogP contribution in [-0.4, -0.2) is 35.6 Å². The molecule has 8 heteroatoms. The molecule has 5 rings (SSSR count). The van der Waals surface area contributed by atoms with Crippen molar-refractivity contribution >= 4 is 21.8 Å². The molecule has 3 heterocycles. The minimum atomic E-state index is -0.507. The Morgan fingerprint density at radius 3 is 2.50 bits per heavy atom. The minimum absolute atomic E-state index is 0.0462. The summed E-state index contributed by atoms with van der Waals surface area (Å²) in [6, 6.07) is 17.8. The molecule has 0 saturated carbocycles. The third kappa shape index (κ3) is 3.12. The molecule has 160 valence electrons. The van der Waals surface area contributed by atoms with E-state index in [9.17, 15) is 14.7 Å². The molecule has 2 aromatic carbocycles. The Morgan fingerprint density at radius 1 is 0.969 bits per heavy atom. The Labute approximate surface area is 182 Å². The summed E-state index contributed by atoms with van der Waals surface area (Å²) in [7, 11) is 1.44. The van der Waals surface area contributed by atoms with Crippen LogP contribution in [0.5, 0.6) is 0 Å². The van der Waals surface area contributed by atoms with Crippen LogP contribution >= 0.6 is 0 Å². The van der Waals surface area contributed by atoms with E-state index in [2.05, 4.69) is 23.2 Å². The Hall–Kier alpha value is -4.04. The standard InChI is InChI=1S/C24H21N5O3/c1-27-23(31)20-21(17-9-11-25-12-10-17)29(26-22(20)28(13-14-30)24(27)32)15-18-7-4-6-16-5-2-3-8-19(16)18/h2-12,30H,13-15H2,1H3. The van der Waals surface area contributed by atoms with E-state index in [-0.39, 0.29) is 18.8 Å². The van der Waals surface area contributed by atoms with Gasteiger partial charge in [0.2, 0.25) is 0 Å². The first kappa shape index (κ1) is 19.9. The lowest BCUT2D eigenvalue weighted by Gasteiger charge is -2.10. The third-order valence-corrected chi connectivity index (χ3v) is 5.70. The van der Waals surface area contributed by atoms with E-state index in [0.717, 1.165) is 26.5 Å². The van der Waals surface area contributed by atoms with Crippen molar-refractivity contribution in [1.29, 1.82) is 0 Å². The molecule has 0 aliphatic heterocycles. The maximum absolute atomic E-state index is 13.2. The highest BCUT2D eigenvalue weighted by Crippen LogP contribution is 2.28. The molecule has 0 aliphatic rings. The lowest BCUT2D eigenvalue weighted by molar-refractivity contribution is 0.274. The Kier molecular flexibility index (Phi) is 4.91. The van der Waals surface area contributed by atoms with Gasteiger partial charge < -0.3 is 5.11 Å². The summed E-state index contributed by atoms with van der Waals surface area (Å²) in [5.41, 5.74) is 1.76. The van der Waals surface area contributed by atoms with E-state index < -0.39 is 11.2 Å². The van der Waals surface area contributed by atoms with Crippen molar-refractivity contribution in [1.82, 2.24) is 23.9 Å². The molecule has 32 heavy (non-hydrogen) atoms. The number of benzene rings is 2. The van der Waals surface area contributed by atoms with Gasteiger partial charge in [0.1, 0.15) is 5.39 Å². The van der Waals surface area contributed by atoms with E-state index in [1.54, 1.807) is 17.1 Å². The summed E-state index contributed by atoms with van der Waals surface area (Å²) in [5, 5.41) is 16.8. The van der Waals surface area contributed by atoms with E-state index in [4.69, 9.17) is 5.10 Å². The first-order chi connectivity index (χ1) is 15.6. The molecule has 1 N–H and O–H groups in total. The number of fused-ring (bicyclic) bond motifs is 2. The van der Waals surface area contributed by atoms with Gasteiger partial charge in [0, 0.05) is 25.0 Å². The van der Waals surface area contributed by atoms with Crippen LogP contribution in [-0.2, 0) is 20.1 Å². The van der Waals surface area contributed by atoms with Crippen molar-refractivity contribution in [3.8, 4) is 11.3 Å². The van der Waals surface area contributed by atoms with Crippen molar-refractivity contribution in [3.05, 3.63) is 93.4 Å². The van der Waals surface area contributed by atoms with Crippen LogP contribution in [0, 0.1) is 0 Å². The Bertz CT molecular complexity index is 1560. The minimum Gasteiger partial charge on any atom is -0.395 e. The second-order valence-corrected chi connectivity index (χ2v) is 7.60. The summed E-state index contributed by atoms with van der Waals surface area (Å²) in [6.07, 6.45) is 3.31. The maximum Gasteiger partial charge on any atom is 0.332 e. The highest BCUT2D eigenvalue weighted by atomic mass is 16.3. The SMILES string of the molecule is Cn1c(=O)c2c(-c3ccncc3)n(Cc3cccc4ccccc34)nc2n(CCO)c1=O. The van der Waals surface area contributed by atoms with Gasteiger partial charge in [-0.3, -0.25) is 23.6 Å². The highest BCUT2D eigenvalue weighted by molar-refractivity contribution is 5.91. The van der Waals surface area contributed by atoms with Gasteiger partial charge in [0.15, 0.2) is 5.65 Å². The molecule has 8 nitrogen and oxygen atoms in total. The van der Waals surface area contributed by atoms with Crippen LogP contribution in [0.4, 0.5) is 0 Å². The Morgan fingerprint density at radius 2 is 1.72 bits per heavy atom. The van der Waals surface area contributed by atoms with Gasteiger partial charge in [-0.2, -0.15) is 5.10 Å². The predicted molar refractivity (Wildman–Crippen MR) is 123 cm³/mol. The number of hydrogen-bond acceptors (Lipinski definition) is 5. The highest BCUT2D eigenvalue weighted by Gasteiger charge is 2.22. The largest absolute Gasteiger partial charge is 0.395 e. The van der Waals surface area contributed by atoms with Gasteiger partial charge >= 0.3 is 5.69 Å². The van der Waals surface area contributed by atoms with Crippen LogP contribution in [0.1, 0.15) is 5.56 Å². The molecular weight excluding hydrogens is 406 g/mol. The van der Waals surface area contributed by atoms with Crippen LogP contribution in [0.15, 0.2) is 76.6 Å². The van der Waals surface area contributed by atoms with Crippen LogP contribution < -0.4 is 11.2 Å². The van der Waals surface area contributed by atoms with Gasteiger partial charge in [0.25, 0.3) is 5.56 Å². The van der Waals surface area contributed by atoms with Crippen molar-refractivity contribution in [2.45, 2.75) is 13.1 Å². The number of rotatable bonds is 5. The molecule has 3 aromatic heterocycles. The molecule has 0 radical (unpaired) electrons. The maximum atomic E-state index is 13.2. The van der Waals surface area contributed by atoms with E-state index in [0.29, 0.717) is 17.6 Å². The van der Waals surface area contributed by atoms with E-state index in [1.165, 1.54) is 11.6 Å². The molecular formula is C24H21N5O3. The summed E-state index contributed by atoms with van der Waals surface area (Å²) < 4.78 is 4.17. The first-order valence-electron chi connectivity index (χ1n) is 10.3. The molecule has 0 saturated heterocycles. The van der Waals surface area contributed by atoms with Gasteiger partial charge in [-0.1, -0.05) is 42.5 Å². The fraction of sp³-hybridized carbons (Fsp3) is 0.167. The van der Waals surface area contributed by atoms with Crippen LogP contribution in [0.25, 0.3) is 33.1 Å². The summed E-state index contributed by atoms with van der Waals surface area (Å²) >= 11 is 0. The second kappa shape index (κ2) is 7.90. The molecule has 5 aromatic rings. The second-order valence-electron chi connectivity index (χ2n) is 7.60. The molecule has 0 atom stereocenters. The number of hydrogen-bond donors (Lipinski definition) is 1. The van der Waals surface area contributed by atoms with Crippen molar-refractivity contribution in [2.24, 2.45) is 7.05 Å². The van der Waals surface area contributed by atoms with Gasteiger partial charge in [0.05, 0.1) is 25.4 Å². The molecule has 0 unspecified atom stereocenters. The molecule has 0 bridgehead atoms. The number of pyridine rings is 1. The number of nitrogens with zero attached hydrogens (tertiary/aromatic N) is 5. The fourth-order valence-corrected chi connectivity index (χ4v) is 4.17. The third-order valence-electron chi connectivity index (χ3n) is 5.70. The topological polar surface area (TPSA) is 94.9 Å². The summed E-state index contributed by atoms with van der Waals surface area (Å²) in [6.45, 7) is 0.211. The van der Waals surface area contributed by atoms with E-state index in [1.807, 2.05) is 36.4 Å². The monoisotopic (exact) mass is 427 g/mol. The molecule has 0 aliphatic carbocycles. The Balaban J connectivity index is 1.84. The van der Waals surface area contributed by atoms with Crippen molar-refractivity contribution in [3.63, 3.8) is 0 Å². The molecule has 0 spiro atoms. The lowest BCUT2D eigenvalue weighted by atomic mass is 10.0. The smallest absolute Gasteiger partial charge is 0.332 e. The number of aromatic nitrogens is 5. The normalized spacial score (nSPS) is 11.4. The number of aliphatic hydroxyl groups is 1. The van der Waals surface area contributed by atoms with E-state index >= 15 is 0 Å². The zero-order chi connectivity index (χ0) is 22.2. The quantitative estimate of drug-likeness (QED) is 0.464. The molecule has 0 amide bonds. The average molecular weight is 427 g/mol. The molecule has 0 fully saturated rings.